The smallest absolute Gasteiger partial charge is 0.224 e. The van der Waals surface area contributed by atoms with Gasteiger partial charge in [0.25, 0.3) is 0 Å². The summed E-state index contributed by atoms with van der Waals surface area (Å²) in [6.45, 7) is 2.31. The summed E-state index contributed by atoms with van der Waals surface area (Å²) in [6, 6.07) is 8.36. The quantitative estimate of drug-likeness (QED) is 0.882. The fraction of sp³-hybridized carbons (Fsp3) is 0.529. The maximum absolute atomic E-state index is 4.79. The van der Waals surface area contributed by atoms with Crippen molar-refractivity contribution in [1.82, 2.24) is 9.97 Å². The molecule has 4 heteroatoms. The predicted molar refractivity (Wildman–Crippen MR) is 86.7 cm³/mol. The standard InChI is InChI=1S/C17H22N4/c1-18-17-19-15-5-3-2-4-14(15)16(20-17)21(10-12-6-7-12)11-13-8-9-13/h2-5,12-13H,6-11H2,1H3,(H,18,19,20). The first-order valence-corrected chi connectivity index (χ1v) is 8.03. The third-order valence-electron chi connectivity index (χ3n) is 4.46. The van der Waals surface area contributed by atoms with Crippen LogP contribution in [0.3, 0.4) is 0 Å². The monoisotopic (exact) mass is 282 g/mol. The molecular formula is C17H22N4. The minimum Gasteiger partial charge on any atom is -0.357 e. The summed E-state index contributed by atoms with van der Waals surface area (Å²) in [5.74, 6) is 3.58. The molecule has 2 saturated carbocycles. The molecule has 21 heavy (non-hydrogen) atoms. The van der Waals surface area contributed by atoms with Crippen molar-refractivity contribution in [2.75, 3.05) is 30.4 Å². The third kappa shape index (κ3) is 2.80. The zero-order valence-corrected chi connectivity index (χ0v) is 12.5. The number of nitrogens with zero attached hydrogens (tertiary/aromatic N) is 3. The van der Waals surface area contributed by atoms with Crippen LogP contribution in [0.2, 0.25) is 0 Å². The van der Waals surface area contributed by atoms with Crippen molar-refractivity contribution < 1.29 is 0 Å². The Balaban J connectivity index is 1.76. The van der Waals surface area contributed by atoms with Crippen LogP contribution in [0.1, 0.15) is 25.7 Å². The van der Waals surface area contributed by atoms with Gasteiger partial charge in [-0.2, -0.15) is 4.98 Å². The van der Waals surface area contributed by atoms with Crippen LogP contribution < -0.4 is 10.2 Å². The van der Waals surface area contributed by atoms with Crippen LogP contribution in [-0.2, 0) is 0 Å². The predicted octanol–water partition coefficient (Wildman–Crippen LogP) is 3.30. The number of rotatable bonds is 6. The number of nitrogens with one attached hydrogen (secondary N) is 1. The van der Waals surface area contributed by atoms with Crippen molar-refractivity contribution in [3.05, 3.63) is 24.3 Å². The van der Waals surface area contributed by atoms with Gasteiger partial charge in [-0.25, -0.2) is 4.98 Å². The Labute approximate surface area is 125 Å². The molecule has 0 aliphatic heterocycles. The van der Waals surface area contributed by atoms with Crippen molar-refractivity contribution >= 4 is 22.7 Å². The topological polar surface area (TPSA) is 41.1 Å². The SMILES string of the molecule is CNc1nc(N(CC2CC2)CC2CC2)c2ccccc2n1. The fourth-order valence-electron chi connectivity index (χ4n) is 2.88. The molecule has 2 aliphatic carbocycles. The van der Waals surface area contributed by atoms with E-state index in [1.165, 1.54) is 31.1 Å². The normalized spacial score (nSPS) is 18.0. The lowest BCUT2D eigenvalue weighted by molar-refractivity contribution is 0.673. The molecule has 4 rings (SSSR count). The Morgan fingerprint density at radius 1 is 1.05 bits per heavy atom. The van der Waals surface area contributed by atoms with Crippen LogP contribution in [0.4, 0.5) is 11.8 Å². The van der Waals surface area contributed by atoms with Crippen molar-refractivity contribution in [3.63, 3.8) is 0 Å². The minimum atomic E-state index is 0.722. The lowest BCUT2D eigenvalue weighted by atomic mass is 10.2. The van der Waals surface area contributed by atoms with Gasteiger partial charge in [0.15, 0.2) is 0 Å². The molecule has 4 nitrogen and oxygen atoms in total. The number of hydrogen-bond acceptors (Lipinski definition) is 4. The summed E-state index contributed by atoms with van der Waals surface area (Å²) in [5, 5.41) is 4.28. The Hall–Kier alpha value is -1.84. The van der Waals surface area contributed by atoms with Crippen LogP contribution in [-0.4, -0.2) is 30.1 Å². The summed E-state index contributed by atoms with van der Waals surface area (Å²) < 4.78 is 0. The van der Waals surface area contributed by atoms with Crippen LogP contribution in [0.5, 0.6) is 0 Å². The van der Waals surface area contributed by atoms with E-state index >= 15 is 0 Å². The summed E-state index contributed by atoms with van der Waals surface area (Å²) in [7, 11) is 1.89. The van der Waals surface area contributed by atoms with Gasteiger partial charge in [0.2, 0.25) is 5.95 Å². The van der Waals surface area contributed by atoms with Gasteiger partial charge in [0, 0.05) is 25.5 Å². The van der Waals surface area contributed by atoms with Crippen LogP contribution in [0.15, 0.2) is 24.3 Å². The van der Waals surface area contributed by atoms with Gasteiger partial charge in [0.1, 0.15) is 5.82 Å². The van der Waals surface area contributed by atoms with Gasteiger partial charge < -0.3 is 10.2 Å². The molecule has 1 N–H and O–H groups in total. The van der Waals surface area contributed by atoms with Gasteiger partial charge in [-0.1, -0.05) is 12.1 Å². The first kappa shape index (κ1) is 12.9. The van der Waals surface area contributed by atoms with E-state index in [4.69, 9.17) is 4.98 Å². The van der Waals surface area contributed by atoms with Gasteiger partial charge >= 0.3 is 0 Å². The third-order valence-corrected chi connectivity index (χ3v) is 4.46. The molecule has 1 aromatic carbocycles. The average molecular weight is 282 g/mol. The highest BCUT2D eigenvalue weighted by Gasteiger charge is 2.30. The molecule has 0 bridgehead atoms. The van der Waals surface area contributed by atoms with Gasteiger partial charge in [-0.15, -0.1) is 0 Å². The number of para-hydroxylation sites is 1. The molecule has 0 atom stereocenters. The van der Waals surface area contributed by atoms with E-state index in [0.717, 1.165) is 42.2 Å². The molecule has 2 aromatic rings. The molecule has 0 spiro atoms. The number of anilines is 2. The average Bonchev–Trinajstić information content (AvgIpc) is 3.41. The lowest BCUT2D eigenvalue weighted by Crippen LogP contribution is -2.29. The van der Waals surface area contributed by atoms with Crippen molar-refractivity contribution in [3.8, 4) is 0 Å². The summed E-state index contributed by atoms with van der Waals surface area (Å²) in [4.78, 5) is 11.9. The van der Waals surface area contributed by atoms with Crippen LogP contribution in [0.25, 0.3) is 10.9 Å². The summed E-state index contributed by atoms with van der Waals surface area (Å²) in [6.07, 6.45) is 5.51. The molecule has 0 amide bonds. The Kier molecular flexibility index (Phi) is 3.17. The van der Waals surface area contributed by atoms with E-state index in [-0.39, 0.29) is 0 Å². The van der Waals surface area contributed by atoms with E-state index in [9.17, 15) is 0 Å². The van der Waals surface area contributed by atoms with Gasteiger partial charge in [0.05, 0.1) is 5.52 Å². The Bertz CT molecular complexity index is 632. The number of fused-ring (bicyclic) bond motifs is 1. The van der Waals surface area contributed by atoms with E-state index in [1.54, 1.807) is 0 Å². The Morgan fingerprint density at radius 2 is 1.71 bits per heavy atom. The molecule has 2 aliphatic rings. The largest absolute Gasteiger partial charge is 0.357 e. The van der Waals surface area contributed by atoms with Crippen molar-refractivity contribution in [2.24, 2.45) is 11.8 Å². The van der Waals surface area contributed by atoms with Gasteiger partial charge in [-0.05, 0) is 49.7 Å². The van der Waals surface area contributed by atoms with E-state index in [0.29, 0.717) is 0 Å². The minimum absolute atomic E-state index is 0.722. The van der Waals surface area contributed by atoms with E-state index in [2.05, 4.69) is 33.4 Å². The van der Waals surface area contributed by atoms with E-state index in [1.807, 2.05) is 13.1 Å². The highest BCUT2D eigenvalue weighted by molar-refractivity contribution is 5.90. The second-order valence-corrected chi connectivity index (χ2v) is 6.43. The van der Waals surface area contributed by atoms with Crippen molar-refractivity contribution in [1.29, 1.82) is 0 Å². The molecular weight excluding hydrogens is 260 g/mol. The fourth-order valence-corrected chi connectivity index (χ4v) is 2.88. The molecule has 2 fully saturated rings. The van der Waals surface area contributed by atoms with E-state index < -0.39 is 0 Å². The highest BCUT2D eigenvalue weighted by Crippen LogP contribution is 2.37. The number of benzene rings is 1. The highest BCUT2D eigenvalue weighted by atomic mass is 15.2. The van der Waals surface area contributed by atoms with Gasteiger partial charge in [-0.3, -0.25) is 0 Å². The number of aromatic nitrogens is 2. The first-order chi connectivity index (χ1) is 10.3. The molecule has 0 unspecified atom stereocenters. The lowest BCUT2D eigenvalue weighted by Gasteiger charge is -2.25. The molecule has 1 aromatic heterocycles. The van der Waals surface area contributed by atoms with Crippen molar-refractivity contribution in [2.45, 2.75) is 25.7 Å². The van der Waals surface area contributed by atoms with Crippen LogP contribution in [0, 0.1) is 11.8 Å². The molecule has 0 radical (unpaired) electrons. The summed E-state index contributed by atoms with van der Waals surface area (Å²) in [5.41, 5.74) is 1.03. The summed E-state index contributed by atoms with van der Waals surface area (Å²) >= 11 is 0. The Morgan fingerprint density at radius 3 is 2.33 bits per heavy atom. The zero-order valence-electron chi connectivity index (χ0n) is 12.5. The molecule has 0 saturated heterocycles. The second-order valence-electron chi connectivity index (χ2n) is 6.43. The number of hydrogen-bond donors (Lipinski definition) is 1. The maximum atomic E-state index is 4.79. The zero-order chi connectivity index (χ0) is 14.2. The maximum Gasteiger partial charge on any atom is 0.224 e. The molecule has 110 valence electrons. The van der Waals surface area contributed by atoms with Crippen LogP contribution >= 0.6 is 0 Å². The first-order valence-electron chi connectivity index (χ1n) is 8.03. The molecule has 1 heterocycles. The second kappa shape index (κ2) is 5.17.